The van der Waals surface area contributed by atoms with Crippen molar-refractivity contribution in [2.75, 3.05) is 33.4 Å². The van der Waals surface area contributed by atoms with Gasteiger partial charge in [0.05, 0.1) is 25.4 Å². The van der Waals surface area contributed by atoms with E-state index in [2.05, 4.69) is 12.1 Å². The fourth-order valence-corrected chi connectivity index (χ4v) is 3.31. The van der Waals surface area contributed by atoms with Gasteiger partial charge in [-0.15, -0.1) is 0 Å². The number of hydrogen-bond donors (Lipinski definition) is 1. The number of ether oxygens (including phenoxy) is 1. The molecule has 0 aliphatic carbocycles. The summed E-state index contributed by atoms with van der Waals surface area (Å²) in [6.07, 6.45) is 0. The number of carbonyl (C=O) groups excluding carboxylic acids is 1. The van der Waals surface area contributed by atoms with Crippen molar-refractivity contribution in [3.05, 3.63) is 60.2 Å². The quantitative estimate of drug-likeness (QED) is 0.508. The van der Waals surface area contributed by atoms with Crippen LogP contribution in [-0.4, -0.2) is 54.7 Å². The summed E-state index contributed by atoms with van der Waals surface area (Å²) < 4.78 is 5.30. The average molecular weight is 374 g/mol. The molecule has 0 aliphatic rings. The molecule has 0 heterocycles. The number of benzene rings is 2. The van der Waals surface area contributed by atoms with E-state index in [0.29, 0.717) is 25.3 Å². The Bertz CT molecular complexity index is 686. The summed E-state index contributed by atoms with van der Waals surface area (Å²) in [4.78, 5) is 17.2. The lowest BCUT2D eigenvalue weighted by Crippen LogP contribution is -2.49. The molecular weight excluding hydrogens is 346 g/mol. The molecule has 0 spiro atoms. The number of Topliss-reactive ketones (excluding diaryl/α,β-unsaturated/α-hetero) is 1. The number of aliphatic hydroxyl groups excluding tert-OH is 1. The Kier molecular flexibility index (Phi) is 7.85. The predicted octanol–water partition coefficient (Wildman–Crippen LogP) is 3.74. The molecule has 5 heteroatoms. The average Bonchev–Trinajstić information content (AvgIpc) is 2.66. The Balaban J connectivity index is 1.99. The van der Waals surface area contributed by atoms with Crippen molar-refractivity contribution in [3.8, 4) is 0 Å². The largest absolute Gasteiger partial charge is 0.394 e. The minimum absolute atomic E-state index is 0.0133. The summed E-state index contributed by atoms with van der Waals surface area (Å²) in [6.45, 7) is 5.30. The van der Waals surface area contributed by atoms with Crippen LogP contribution in [0.25, 0.3) is 0 Å². The normalized spacial score (nSPS) is 11.7. The standard InChI is InChI=1S/C21H27NO3S/c1-21(2,22(3)13-15-25-16-14-23)20(24)17-9-11-19(12-10-17)26-18-7-5-4-6-8-18/h4-12,23H,13-16H2,1-3H3. The minimum Gasteiger partial charge on any atom is -0.394 e. The number of rotatable bonds is 10. The number of likely N-dealkylation sites (N-methyl/N-ethyl adjacent to an activating group) is 1. The molecular formula is C21H27NO3S. The Morgan fingerprint density at radius 3 is 2.27 bits per heavy atom. The molecule has 26 heavy (non-hydrogen) atoms. The van der Waals surface area contributed by atoms with E-state index in [4.69, 9.17) is 9.84 Å². The summed E-state index contributed by atoms with van der Waals surface area (Å²) in [6, 6.07) is 17.9. The number of hydrogen-bond acceptors (Lipinski definition) is 5. The molecule has 2 aromatic rings. The SMILES string of the molecule is CN(CCOCCO)C(C)(C)C(=O)c1ccc(Sc2ccccc2)cc1. The van der Waals surface area contributed by atoms with E-state index in [9.17, 15) is 4.79 Å². The van der Waals surface area contributed by atoms with E-state index < -0.39 is 5.54 Å². The van der Waals surface area contributed by atoms with Crippen molar-refractivity contribution in [1.82, 2.24) is 4.90 Å². The van der Waals surface area contributed by atoms with Crippen LogP contribution in [0, 0.1) is 0 Å². The molecule has 0 unspecified atom stereocenters. The van der Waals surface area contributed by atoms with Gasteiger partial charge in [0.2, 0.25) is 0 Å². The molecule has 0 aliphatic heterocycles. The van der Waals surface area contributed by atoms with Crippen LogP contribution in [0.3, 0.4) is 0 Å². The van der Waals surface area contributed by atoms with Crippen molar-refractivity contribution >= 4 is 17.5 Å². The Labute approximate surface area is 160 Å². The summed E-state index contributed by atoms with van der Waals surface area (Å²) >= 11 is 1.68. The molecule has 0 aromatic heterocycles. The summed E-state index contributed by atoms with van der Waals surface area (Å²) in [5.41, 5.74) is 0.0759. The smallest absolute Gasteiger partial charge is 0.182 e. The maximum atomic E-state index is 12.9. The van der Waals surface area contributed by atoms with Crippen LogP contribution in [0.15, 0.2) is 64.4 Å². The molecule has 0 bridgehead atoms. The number of aliphatic hydroxyl groups is 1. The van der Waals surface area contributed by atoms with Gasteiger partial charge in [-0.2, -0.15) is 0 Å². The molecule has 2 rings (SSSR count). The van der Waals surface area contributed by atoms with E-state index in [1.54, 1.807) is 11.8 Å². The maximum Gasteiger partial charge on any atom is 0.182 e. The topological polar surface area (TPSA) is 49.8 Å². The molecule has 0 saturated carbocycles. The minimum atomic E-state index is -0.628. The van der Waals surface area contributed by atoms with Crippen molar-refractivity contribution in [3.63, 3.8) is 0 Å². The predicted molar refractivity (Wildman–Crippen MR) is 106 cm³/mol. The van der Waals surface area contributed by atoms with E-state index in [1.165, 1.54) is 4.90 Å². The molecule has 0 fully saturated rings. The van der Waals surface area contributed by atoms with E-state index in [-0.39, 0.29) is 12.4 Å². The van der Waals surface area contributed by atoms with Gasteiger partial charge in [-0.05, 0) is 45.2 Å². The first-order chi connectivity index (χ1) is 12.4. The molecule has 0 amide bonds. The second-order valence-corrected chi connectivity index (χ2v) is 7.73. The third kappa shape index (κ3) is 5.68. The highest BCUT2D eigenvalue weighted by Crippen LogP contribution is 2.28. The van der Waals surface area contributed by atoms with Crippen molar-refractivity contribution in [1.29, 1.82) is 0 Å². The lowest BCUT2D eigenvalue weighted by molar-refractivity contribution is 0.0476. The van der Waals surface area contributed by atoms with Gasteiger partial charge in [0.25, 0.3) is 0 Å². The van der Waals surface area contributed by atoms with E-state index in [0.717, 1.165) is 4.90 Å². The third-order valence-electron chi connectivity index (χ3n) is 4.41. The lowest BCUT2D eigenvalue weighted by Gasteiger charge is -2.34. The molecule has 0 radical (unpaired) electrons. The van der Waals surface area contributed by atoms with Gasteiger partial charge in [0.1, 0.15) is 0 Å². The van der Waals surface area contributed by atoms with Gasteiger partial charge in [-0.3, -0.25) is 9.69 Å². The fraction of sp³-hybridized carbons (Fsp3) is 0.381. The number of carbonyl (C=O) groups is 1. The van der Waals surface area contributed by atoms with Gasteiger partial charge < -0.3 is 9.84 Å². The molecule has 140 valence electrons. The van der Waals surface area contributed by atoms with E-state index in [1.807, 2.05) is 68.3 Å². The maximum absolute atomic E-state index is 12.9. The first-order valence-electron chi connectivity index (χ1n) is 8.73. The van der Waals surface area contributed by atoms with Gasteiger partial charge in [0.15, 0.2) is 5.78 Å². The molecule has 0 atom stereocenters. The van der Waals surface area contributed by atoms with Gasteiger partial charge >= 0.3 is 0 Å². The molecule has 0 saturated heterocycles. The zero-order chi connectivity index (χ0) is 19.0. The van der Waals surface area contributed by atoms with Crippen LogP contribution >= 0.6 is 11.8 Å². The van der Waals surface area contributed by atoms with Crippen LogP contribution in [0.5, 0.6) is 0 Å². The number of ketones is 1. The third-order valence-corrected chi connectivity index (χ3v) is 5.43. The highest BCUT2D eigenvalue weighted by atomic mass is 32.2. The fourth-order valence-electron chi connectivity index (χ4n) is 2.47. The lowest BCUT2D eigenvalue weighted by atomic mass is 9.91. The van der Waals surface area contributed by atoms with Crippen LogP contribution in [0.4, 0.5) is 0 Å². The molecule has 2 aromatic carbocycles. The van der Waals surface area contributed by atoms with Crippen molar-refractivity contribution in [2.24, 2.45) is 0 Å². The van der Waals surface area contributed by atoms with Crippen molar-refractivity contribution in [2.45, 2.75) is 29.2 Å². The molecule has 4 nitrogen and oxygen atoms in total. The highest BCUT2D eigenvalue weighted by molar-refractivity contribution is 7.99. The Morgan fingerprint density at radius 2 is 1.65 bits per heavy atom. The van der Waals surface area contributed by atoms with Crippen LogP contribution in [0.1, 0.15) is 24.2 Å². The highest BCUT2D eigenvalue weighted by Gasteiger charge is 2.32. The van der Waals surface area contributed by atoms with E-state index >= 15 is 0 Å². The molecule has 1 N–H and O–H groups in total. The summed E-state index contributed by atoms with van der Waals surface area (Å²) in [5.74, 6) is 0.0819. The van der Waals surface area contributed by atoms with Crippen molar-refractivity contribution < 1.29 is 14.6 Å². The monoisotopic (exact) mass is 373 g/mol. The second-order valence-electron chi connectivity index (χ2n) is 6.59. The first kappa shape index (κ1) is 20.6. The van der Waals surface area contributed by atoms with Gasteiger partial charge in [-0.25, -0.2) is 0 Å². The first-order valence-corrected chi connectivity index (χ1v) is 9.54. The number of nitrogens with zero attached hydrogens (tertiary/aromatic N) is 1. The zero-order valence-electron chi connectivity index (χ0n) is 15.6. The Morgan fingerprint density at radius 1 is 1.04 bits per heavy atom. The second kappa shape index (κ2) is 9.88. The summed E-state index contributed by atoms with van der Waals surface area (Å²) in [5, 5.41) is 8.75. The van der Waals surface area contributed by atoms with Crippen LogP contribution in [-0.2, 0) is 4.74 Å². The van der Waals surface area contributed by atoms with Gasteiger partial charge in [0, 0.05) is 21.9 Å². The zero-order valence-corrected chi connectivity index (χ0v) is 16.5. The summed E-state index contributed by atoms with van der Waals surface area (Å²) in [7, 11) is 1.92. The van der Waals surface area contributed by atoms with Crippen LogP contribution in [0.2, 0.25) is 0 Å². The van der Waals surface area contributed by atoms with Crippen LogP contribution < -0.4 is 0 Å². The van der Waals surface area contributed by atoms with Gasteiger partial charge in [-0.1, -0.05) is 42.1 Å². The Hall–Kier alpha value is -1.66.